The van der Waals surface area contributed by atoms with Crippen LogP contribution < -0.4 is 20.9 Å². The number of fused-ring (bicyclic) bond motifs is 1. The van der Waals surface area contributed by atoms with E-state index in [0.29, 0.717) is 19.0 Å². The standard InChI is InChI=1S/C11H14N2O4S/c12-13-17-11(14)3-6-18-8-1-2-9-10(7-8)16-5-4-15-9/h1-2,7,13H,3-6,12H2. The number of ether oxygens (including phenoxy) is 2. The first-order valence-electron chi connectivity index (χ1n) is 5.47. The van der Waals surface area contributed by atoms with Crippen LogP contribution in [0.4, 0.5) is 0 Å². The smallest absolute Gasteiger partial charge is 0.327 e. The zero-order valence-electron chi connectivity index (χ0n) is 9.68. The minimum atomic E-state index is -0.387. The molecular formula is C11H14N2O4S. The van der Waals surface area contributed by atoms with Gasteiger partial charge in [0.05, 0.1) is 6.42 Å². The topological polar surface area (TPSA) is 82.8 Å². The molecule has 7 heteroatoms. The number of rotatable bonds is 5. The predicted molar refractivity (Wildman–Crippen MR) is 66.2 cm³/mol. The van der Waals surface area contributed by atoms with Crippen molar-refractivity contribution in [2.45, 2.75) is 11.3 Å². The van der Waals surface area contributed by atoms with Gasteiger partial charge in [0.15, 0.2) is 11.5 Å². The minimum Gasteiger partial charge on any atom is -0.486 e. The van der Waals surface area contributed by atoms with Crippen molar-refractivity contribution in [2.24, 2.45) is 5.84 Å². The monoisotopic (exact) mass is 270 g/mol. The highest BCUT2D eigenvalue weighted by Crippen LogP contribution is 2.34. The molecule has 0 spiro atoms. The van der Waals surface area contributed by atoms with Crippen molar-refractivity contribution >= 4 is 17.7 Å². The summed E-state index contributed by atoms with van der Waals surface area (Å²) in [5, 5.41) is 0. The summed E-state index contributed by atoms with van der Waals surface area (Å²) >= 11 is 1.54. The maximum absolute atomic E-state index is 11.0. The van der Waals surface area contributed by atoms with Crippen molar-refractivity contribution in [1.82, 2.24) is 5.59 Å². The molecule has 0 bridgehead atoms. The predicted octanol–water partition coefficient (Wildman–Crippen LogP) is 0.861. The molecule has 1 aliphatic rings. The van der Waals surface area contributed by atoms with Crippen LogP contribution in [0.5, 0.6) is 11.5 Å². The van der Waals surface area contributed by atoms with Gasteiger partial charge in [-0.2, -0.15) is 0 Å². The molecule has 18 heavy (non-hydrogen) atoms. The zero-order valence-corrected chi connectivity index (χ0v) is 10.5. The second-order valence-electron chi connectivity index (χ2n) is 3.50. The highest BCUT2D eigenvalue weighted by atomic mass is 32.2. The van der Waals surface area contributed by atoms with Gasteiger partial charge in [-0.15, -0.1) is 11.8 Å². The number of hydrogen-bond acceptors (Lipinski definition) is 7. The molecule has 0 atom stereocenters. The van der Waals surface area contributed by atoms with Gasteiger partial charge in [0.2, 0.25) is 0 Å². The Balaban J connectivity index is 1.84. The van der Waals surface area contributed by atoms with Crippen molar-refractivity contribution in [3.05, 3.63) is 18.2 Å². The molecule has 3 N–H and O–H groups in total. The van der Waals surface area contributed by atoms with E-state index in [4.69, 9.17) is 15.3 Å². The maximum Gasteiger partial charge on any atom is 0.327 e. The maximum atomic E-state index is 11.0. The minimum absolute atomic E-state index is 0.281. The highest BCUT2D eigenvalue weighted by Gasteiger charge is 2.12. The van der Waals surface area contributed by atoms with Gasteiger partial charge < -0.3 is 14.3 Å². The molecule has 1 aliphatic heterocycles. The van der Waals surface area contributed by atoms with E-state index in [-0.39, 0.29) is 12.4 Å². The Morgan fingerprint density at radius 1 is 1.39 bits per heavy atom. The largest absolute Gasteiger partial charge is 0.486 e. The summed E-state index contributed by atoms with van der Waals surface area (Å²) in [6.45, 7) is 1.15. The Bertz CT molecular complexity index is 428. The van der Waals surface area contributed by atoms with E-state index in [1.54, 1.807) is 11.8 Å². The summed E-state index contributed by atoms with van der Waals surface area (Å²) in [4.78, 5) is 16.5. The average molecular weight is 270 g/mol. The van der Waals surface area contributed by atoms with Crippen LogP contribution in [0, 0.1) is 0 Å². The number of thioether (sulfide) groups is 1. The molecule has 0 fully saturated rings. The lowest BCUT2D eigenvalue weighted by atomic mass is 10.3. The first kappa shape index (κ1) is 13.0. The van der Waals surface area contributed by atoms with E-state index < -0.39 is 0 Å². The summed E-state index contributed by atoms with van der Waals surface area (Å²) in [7, 11) is 0. The van der Waals surface area contributed by atoms with Crippen molar-refractivity contribution in [1.29, 1.82) is 0 Å². The van der Waals surface area contributed by atoms with Gasteiger partial charge in [-0.25, -0.2) is 5.84 Å². The van der Waals surface area contributed by atoms with E-state index in [0.717, 1.165) is 16.4 Å². The molecular weight excluding hydrogens is 256 g/mol. The molecule has 0 amide bonds. The molecule has 6 nitrogen and oxygen atoms in total. The molecule has 0 radical (unpaired) electrons. The SMILES string of the molecule is NNOC(=O)CCSc1ccc2c(c1)OCCO2. The summed E-state index contributed by atoms with van der Waals surface area (Å²) < 4.78 is 10.9. The molecule has 1 aromatic carbocycles. The molecule has 1 aromatic rings. The fourth-order valence-electron chi connectivity index (χ4n) is 1.48. The third-order valence-electron chi connectivity index (χ3n) is 2.26. The molecule has 0 aliphatic carbocycles. The lowest BCUT2D eigenvalue weighted by molar-refractivity contribution is -0.150. The number of hydrogen-bond donors (Lipinski definition) is 2. The van der Waals surface area contributed by atoms with E-state index in [9.17, 15) is 4.79 Å². The van der Waals surface area contributed by atoms with Crippen LogP contribution in [0.1, 0.15) is 6.42 Å². The quantitative estimate of drug-likeness (QED) is 0.466. The molecule has 0 saturated carbocycles. The lowest BCUT2D eigenvalue weighted by Gasteiger charge is -2.18. The third-order valence-corrected chi connectivity index (χ3v) is 3.26. The van der Waals surface area contributed by atoms with Crippen molar-refractivity contribution in [3.63, 3.8) is 0 Å². The van der Waals surface area contributed by atoms with Crippen LogP contribution in [0.2, 0.25) is 0 Å². The fraction of sp³-hybridized carbons (Fsp3) is 0.364. The van der Waals surface area contributed by atoms with Crippen LogP contribution in [0.15, 0.2) is 23.1 Å². The normalized spacial score (nSPS) is 13.2. The van der Waals surface area contributed by atoms with E-state index >= 15 is 0 Å². The van der Waals surface area contributed by atoms with Gasteiger partial charge in [-0.3, -0.25) is 4.79 Å². The van der Waals surface area contributed by atoms with Crippen LogP contribution in [-0.4, -0.2) is 24.9 Å². The second kappa shape index (κ2) is 6.48. The number of nitrogens with one attached hydrogen (secondary N) is 1. The molecule has 2 rings (SSSR count). The number of carbonyl (C=O) groups is 1. The number of carbonyl (C=O) groups excluding carboxylic acids is 1. The van der Waals surface area contributed by atoms with Gasteiger partial charge in [0.1, 0.15) is 13.2 Å². The summed E-state index contributed by atoms with van der Waals surface area (Å²) in [5.41, 5.74) is 1.86. The summed E-state index contributed by atoms with van der Waals surface area (Å²) in [6, 6.07) is 5.72. The summed E-state index contributed by atoms with van der Waals surface area (Å²) in [6.07, 6.45) is 0.281. The number of hydrazine groups is 1. The first-order valence-corrected chi connectivity index (χ1v) is 6.46. The molecule has 0 unspecified atom stereocenters. The van der Waals surface area contributed by atoms with Crippen LogP contribution >= 0.6 is 11.8 Å². The Morgan fingerprint density at radius 3 is 2.94 bits per heavy atom. The molecule has 98 valence electrons. The number of nitrogens with two attached hydrogens (primary N) is 1. The Labute approximate surface area is 109 Å². The third kappa shape index (κ3) is 3.52. The summed E-state index contributed by atoms with van der Waals surface area (Å²) in [5.74, 6) is 6.59. The second-order valence-corrected chi connectivity index (χ2v) is 4.66. The van der Waals surface area contributed by atoms with E-state index in [2.05, 4.69) is 4.84 Å². The van der Waals surface area contributed by atoms with Gasteiger partial charge in [0, 0.05) is 10.6 Å². The Hall–Kier alpha value is -1.44. The molecule has 1 heterocycles. The van der Waals surface area contributed by atoms with Crippen molar-refractivity contribution in [3.8, 4) is 11.5 Å². The number of benzene rings is 1. The average Bonchev–Trinajstić information content (AvgIpc) is 2.39. The Morgan fingerprint density at radius 2 is 2.17 bits per heavy atom. The zero-order chi connectivity index (χ0) is 12.8. The molecule has 0 aromatic heterocycles. The van der Waals surface area contributed by atoms with Crippen LogP contribution in [0.3, 0.4) is 0 Å². The molecule has 0 saturated heterocycles. The fourth-order valence-corrected chi connectivity index (χ4v) is 2.34. The van der Waals surface area contributed by atoms with Crippen molar-refractivity contribution in [2.75, 3.05) is 19.0 Å². The Kier molecular flexibility index (Phi) is 4.68. The van der Waals surface area contributed by atoms with Crippen LogP contribution in [-0.2, 0) is 9.63 Å². The van der Waals surface area contributed by atoms with Gasteiger partial charge >= 0.3 is 5.97 Å². The van der Waals surface area contributed by atoms with Crippen molar-refractivity contribution < 1.29 is 19.1 Å². The van der Waals surface area contributed by atoms with Gasteiger partial charge in [-0.05, 0) is 18.2 Å². The van der Waals surface area contributed by atoms with E-state index in [1.807, 2.05) is 23.8 Å². The van der Waals surface area contributed by atoms with E-state index in [1.165, 1.54) is 0 Å². The van der Waals surface area contributed by atoms with Gasteiger partial charge in [-0.1, -0.05) is 5.59 Å². The highest BCUT2D eigenvalue weighted by molar-refractivity contribution is 7.99. The first-order chi connectivity index (χ1) is 8.79. The lowest BCUT2D eigenvalue weighted by Crippen LogP contribution is -2.26. The van der Waals surface area contributed by atoms with Crippen LogP contribution in [0.25, 0.3) is 0 Å². The van der Waals surface area contributed by atoms with Gasteiger partial charge in [0.25, 0.3) is 0 Å².